The van der Waals surface area contributed by atoms with E-state index in [2.05, 4.69) is 14.8 Å². The highest BCUT2D eigenvalue weighted by molar-refractivity contribution is 6.37. The van der Waals surface area contributed by atoms with E-state index in [1.54, 1.807) is 0 Å². The van der Waals surface area contributed by atoms with Crippen LogP contribution in [-0.2, 0) is 20.5 Å². The molecule has 0 fully saturated rings. The molecule has 0 heterocycles. The molecule has 0 unspecified atom stereocenters. The van der Waals surface area contributed by atoms with Crippen LogP contribution in [0.2, 0.25) is 0 Å². The summed E-state index contributed by atoms with van der Waals surface area (Å²) in [6, 6.07) is 6.22. The van der Waals surface area contributed by atoms with Crippen LogP contribution in [0.5, 0.6) is 5.75 Å². The van der Waals surface area contributed by atoms with Gasteiger partial charge in [-0.2, -0.15) is 13.2 Å². The molecule has 0 aliphatic heterocycles. The summed E-state index contributed by atoms with van der Waals surface area (Å²) in [6.07, 6.45) is -9.64. The van der Waals surface area contributed by atoms with Gasteiger partial charge in [0, 0.05) is 11.3 Å². The Bertz CT molecular complexity index is 875. The van der Waals surface area contributed by atoms with Crippen molar-refractivity contribution in [2.75, 3.05) is 12.4 Å². The zero-order valence-electron chi connectivity index (χ0n) is 13.9. The van der Waals surface area contributed by atoms with Gasteiger partial charge in [0.2, 0.25) is 0 Å². The number of esters is 1. The summed E-state index contributed by atoms with van der Waals surface area (Å²) in [5.41, 5.74) is -1.37. The molecule has 2 rings (SSSR count). The standard InChI is InChI=1S/C17H11F6NO4/c1-27-15(26)14(25)24-13-7-4-10(16(18,19)20)8-12(13)9-2-5-11(6-3-9)28-17(21,22)23/h2-8H,1H3,(H,24,25). The SMILES string of the molecule is COC(=O)C(=O)Nc1ccc(C(F)(F)F)cc1-c1ccc(OC(F)(F)F)cc1. The third kappa shape index (κ3) is 5.38. The van der Waals surface area contributed by atoms with Crippen LogP contribution in [0.15, 0.2) is 42.5 Å². The molecule has 0 atom stereocenters. The lowest BCUT2D eigenvalue weighted by atomic mass is 10.0. The minimum absolute atomic E-state index is 0.0424. The monoisotopic (exact) mass is 407 g/mol. The number of benzene rings is 2. The Morgan fingerprint density at radius 1 is 0.929 bits per heavy atom. The molecule has 11 heteroatoms. The van der Waals surface area contributed by atoms with Gasteiger partial charge in [-0.25, -0.2) is 4.79 Å². The Labute approximate surface area is 153 Å². The van der Waals surface area contributed by atoms with Crippen LogP contribution in [0.1, 0.15) is 5.56 Å². The second-order valence-electron chi connectivity index (χ2n) is 5.28. The molecule has 2 aromatic rings. The van der Waals surface area contributed by atoms with Crippen molar-refractivity contribution in [2.45, 2.75) is 12.5 Å². The molecule has 0 spiro atoms. The smallest absolute Gasteiger partial charge is 0.462 e. The number of amides is 1. The molecule has 150 valence electrons. The molecule has 28 heavy (non-hydrogen) atoms. The Kier molecular flexibility index (Phi) is 5.86. The average molecular weight is 407 g/mol. The first kappa shape index (κ1) is 21.1. The maximum Gasteiger partial charge on any atom is 0.573 e. The fraction of sp³-hybridized carbons (Fsp3) is 0.176. The first-order chi connectivity index (χ1) is 12.9. The summed E-state index contributed by atoms with van der Waals surface area (Å²) in [7, 11) is 0.939. The fourth-order valence-electron chi connectivity index (χ4n) is 2.17. The summed E-state index contributed by atoms with van der Waals surface area (Å²) in [5.74, 6) is -3.09. The Balaban J connectivity index is 2.46. The lowest BCUT2D eigenvalue weighted by Crippen LogP contribution is -2.24. The van der Waals surface area contributed by atoms with E-state index in [4.69, 9.17) is 0 Å². The zero-order valence-corrected chi connectivity index (χ0v) is 13.9. The van der Waals surface area contributed by atoms with Crippen LogP contribution < -0.4 is 10.1 Å². The Morgan fingerprint density at radius 3 is 2.04 bits per heavy atom. The molecule has 0 bridgehead atoms. The van der Waals surface area contributed by atoms with Gasteiger partial charge in [0.15, 0.2) is 0 Å². The number of alkyl halides is 6. The van der Waals surface area contributed by atoms with Crippen LogP contribution in [0.4, 0.5) is 32.0 Å². The predicted molar refractivity (Wildman–Crippen MR) is 84.2 cm³/mol. The number of anilines is 1. The normalized spacial score (nSPS) is 11.7. The van der Waals surface area contributed by atoms with E-state index in [-0.39, 0.29) is 16.8 Å². The van der Waals surface area contributed by atoms with Gasteiger partial charge in [0.05, 0.1) is 12.7 Å². The molecule has 0 saturated heterocycles. The number of nitrogens with one attached hydrogen (secondary N) is 1. The van der Waals surface area contributed by atoms with Crippen molar-refractivity contribution in [3.8, 4) is 16.9 Å². The maximum absolute atomic E-state index is 13.0. The van der Waals surface area contributed by atoms with Gasteiger partial charge in [-0.05, 0) is 35.9 Å². The first-order valence-corrected chi connectivity index (χ1v) is 7.37. The molecule has 0 aromatic heterocycles. The van der Waals surface area contributed by atoms with E-state index >= 15 is 0 Å². The number of hydrogen-bond acceptors (Lipinski definition) is 4. The summed E-state index contributed by atoms with van der Waals surface area (Å²) in [6.45, 7) is 0. The van der Waals surface area contributed by atoms with Gasteiger partial charge in [-0.3, -0.25) is 4.79 Å². The van der Waals surface area contributed by atoms with E-state index in [9.17, 15) is 35.9 Å². The van der Waals surface area contributed by atoms with Crippen LogP contribution >= 0.6 is 0 Å². The van der Waals surface area contributed by atoms with Crippen LogP contribution in [0, 0.1) is 0 Å². The largest absolute Gasteiger partial charge is 0.573 e. The first-order valence-electron chi connectivity index (χ1n) is 7.37. The van der Waals surface area contributed by atoms with Crippen LogP contribution in [0.3, 0.4) is 0 Å². The van der Waals surface area contributed by atoms with E-state index in [1.165, 1.54) is 0 Å². The van der Waals surface area contributed by atoms with Gasteiger partial charge in [0.1, 0.15) is 5.75 Å². The highest BCUT2D eigenvalue weighted by atomic mass is 19.4. The number of ether oxygens (including phenoxy) is 2. The topological polar surface area (TPSA) is 64.6 Å². The zero-order chi connectivity index (χ0) is 21.1. The van der Waals surface area contributed by atoms with Crippen molar-refractivity contribution < 1.29 is 45.4 Å². The number of hydrogen-bond donors (Lipinski definition) is 1. The highest BCUT2D eigenvalue weighted by Gasteiger charge is 2.32. The van der Waals surface area contributed by atoms with Crippen LogP contribution in [-0.4, -0.2) is 25.3 Å². The van der Waals surface area contributed by atoms with E-state index < -0.39 is 35.7 Å². The minimum atomic E-state index is -4.93. The summed E-state index contributed by atoms with van der Waals surface area (Å²) in [5, 5.41) is 2.10. The molecule has 1 N–H and O–H groups in total. The summed E-state index contributed by atoms with van der Waals surface area (Å²) < 4.78 is 83.6. The van der Waals surface area contributed by atoms with E-state index in [0.717, 1.165) is 37.4 Å². The second-order valence-corrected chi connectivity index (χ2v) is 5.28. The lowest BCUT2D eigenvalue weighted by molar-refractivity contribution is -0.274. The minimum Gasteiger partial charge on any atom is -0.462 e. The van der Waals surface area contributed by atoms with Crippen molar-refractivity contribution in [1.29, 1.82) is 0 Å². The van der Waals surface area contributed by atoms with Crippen molar-refractivity contribution in [3.05, 3.63) is 48.0 Å². The van der Waals surface area contributed by atoms with Crippen molar-refractivity contribution in [3.63, 3.8) is 0 Å². The molecule has 0 radical (unpaired) electrons. The predicted octanol–water partition coefficient (Wildman–Crippen LogP) is 4.38. The van der Waals surface area contributed by atoms with Gasteiger partial charge in [-0.15, -0.1) is 13.2 Å². The molecule has 0 saturated carbocycles. The molecule has 5 nitrogen and oxygen atoms in total. The third-order valence-electron chi connectivity index (χ3n) is 3.36. The Hall–Kier alpha value is -3.24. The van der Waals surface area contributed by atoms with Gasteiger partial charge in [0.25, 0.3) is 0 Å². The van der Waals surface area contributed by atoms with Crippen molar-refractivity contribution in [1.82, 2.24) is 0 Å². The van der Waals surface area contributed by atoms with Gasteiger partial charge in [-0.1, -0.05) is 12.1 Å². The summed E-state index contributed by atoms with van der Waals surface area (Å²) in [4.78, 5) is 22.9. The molecule has 2 aromatic carbocycles. The number of halogens is 6. The van der Waals surface area contributed by atoms with Gasteiger partial charge >= 0.3 is 24.4 Å². The molecule has 0 aliphatic carbocycles. The van der Waals surface area contributed by atoms with Crippen molar-refractivity contribution in [2.24, 2.45) is 0 Å². The number of rotatable bonds is 3. The van der Waals surface area contributed by atoms with Gasteiger partial charge < -0.3 is 14.8 Å². The molecular weight excluding hydrogens is 396 g/mol. The fourth-order valence-corrected chi connectivity index (χ4v) is 2.17. The second kappa shape index (κ2) is 7.79. The highest BCUT2D eigenvalue weighted by Crippen LogP contribution is 2.37. The third-order valence-corrected chi connectivity index (χ3v) is 3.36. The number of carbonyl (C=O) groups is 2. The Morgan fingerprint density at radius 2 is 1.54 bits per heavy atom. The number of methoxy groups -OCH3 is 1. The van der Waals surface area contributed by atoms with Crippen molar-refractivity contribution >= 4 is 17.6 Å². The number of carbonyl (C=O) groups excluding carboxylic acids is 2. The average Bonchev–Trinajstić information content (AvgIpc) is 2.59. The molecule has 0 aliphatic rings. The van der Waals surface area contributed by atoms with E-state index in [1.807, 2.05) is 0 Å². The van der Waals surface area contributed by atoms with E-state index in [0.29, 0.717) is 12.1 Å². The van der Waals surface area contributed by atoms with Crippen LogP contribution in [0.25, 0.3) is 11.1 Å². The summed E-state index contributed by atoms with van der Waals surface area (Å²) >= 11 is 0. The molecular formula is C17H11F6NO4. The maximum atomic E-state index is 13.0. The quantitative estimate of drug-likeness (QED) is 0.466. The molecule has 1 amide bonds. The lowest BCUT2D eigenvalue weighted by Gasteiger charge is -2.15.